The van der Waals surface area contributed by atoms with Gasteiger partial charge in [-0.3, -0.25) is 4.79 Å². The molecule has 0 aliphatic carbocycles. The molecule has 0 spiro atoms. The van der Waals surface area contributed by atoms with E-state index in [0.29, 0.717) is 13.2 Å². The minimum Gasteiger partial charge on any atom is -0.481 e. The first-order valence-electron chi connectivity index (χ1n) is 5.83. The van der Waals surface area contributed by atoms with Crippen LogP contribution in [0.2, 0.25) is 0 Å². The lowest BCUT2D eigenvalue weighted by molar-refractivity contribution is -0.140. The van der Waals surface area contributed by atoms with Gasteiger partial charge in [-0.25, -0.2) is 4.79 Å². The number of nitrogens with one attached hydrogen (secondary N) is 1. The number of ether oxygens (including phenoxy) is 1. The van der Waals surface area contributed by atoms with Crippen molar-refractivity contribution in [3.63, 3.8) is 0 Å². The monoisotopic (exact) mass is 244 g/mol. The Kier molecular flexibility index (Phi) is 5.21. The van der Waals surface area contributed by atoms with E-state index in [1.807, 2.05) is 0 Å². The summed E-state index contributed by atoms with van der Waals surface area (Å²) in [5.74, 6) is -1.47. The smallest absolute Gasteiger partial charge is 0.317 e. The first-order valence-corrected chi connectivity index (χ1v) is 5.83. The van der Waals surface area contributed by atoms with E-state index in [1.54, 1.807) is 18.9 Å². The SMILES string of the molecule is CC(CNC(=O)N(C)C1CCOCC1)C(=O)O. The standard InChI is InChI=1S/C11H20N2O4/c1-8(10(14)15)7-12-11(16)13(2)9-3-5-17-6-4-9/h8-9H,3-7H2,1-2H3,(H,12,16)(H,14,15). The Morgan fingerprint density at radius 2 is 2.06 bits per heavy atom. The molecule has 2 N–H and O–H groups in total. The zero-order chi connectivity index (χ0) is 12.8. The van der Waals surface area contributed by atoms with Crippen LogP contribution in [-0.4, -0.2) is 54.9 Å². The van der Waals surface area contributed by atoms with Gasteiger partial charge in [0.05, 0.1) is 5.92 Å². The summed E-state index contributed by atoms with van der Waals surface area (Å²) >= 11 is 0. The van der Waals surface area contributed by atoms with Crippen LogP contribution in [0.15, 0.2) is 0 Å². The molecule has 1 saturated heterocycles. The highest BCUT2D eigenvalue weighted by atomic mass is 16.5. The number of carbonyl (C=O) groups is 2. The quantitative estimate of drug-likeness (QED) is 0.756. The number of amides is 2. The number of aliphatic carboxylic acids is 1. The third kappa shape index (κ3) is 4.22. The van der Waals surface area contributed by atoms with E-state index in [2.05, 4.69) is 5.32 Å². The molecule has 1 atom stereocenters. The zero-order valence-electron chi connectivity index (χ0n) is 10.3. The Hall–Kier alpha value is -1.30. The van der Waals surface area contributed by atoms with Crippen molar-refractivity contribution < 1.29 is 19.4 Å². The van der Waals surface area contributed by atoms with E-state index in [-0.39, 0.29) is 18.6 Å². The molecule has 0 aromatic carbocycles. The Morgan fingerprint density at radius 3 is 2.59 bits per heavy atom. The maximum atomic E-state index is 11.8. The second kappa shape index (κ2) is 6.44. The maximum Gasteiger partial charge on any atom is 0.317 e. The summed E-state index contributed by atoms with van der Waals surface area (Å²) in [5, 5.41) is 11.3. The summed E-state index contributed by atoms with van der Waals surface area (Å²) in [5.41, 5.74) is 0. The van der Waals surface area contributed by atoms with Crippen molar-refractivity contribution in [2.75, 3.05) is 26.8 Å². The summed E-state index contributed by atoms with van der Waals surface area (Å²) in [6.07, 6.45) is 1.66. The van der Waals surface area contributed by atoms with Gasteiger partial charge >= 0.3 is 12.0 Å². The number of rotatable bonds is 4. The van der Waals surface area contributed by atoms with Gasteiger partial charge in [-0.1, -0.05) is 6.92 Å². The molecule has 17 heavy (non-hydrogen) atoms. The number of nitrogens with zero attached hydrogens (tertiary/aromatic N) is 1. The summed E-state index contributed by atoms with van der Waals surface area (Å²) in [6.45, 7) is 3.07. The second-order valence-electron chi connectivity index (χ2n) is 4.38. The minimum absolute atomic E-state index is 0.154. The molecule has 1 aliphatic rings. The average molecular weight is 244 g/mol. The lowest BCUT2D eigenvalue weighted by Gasteiger charge is -2.31. The van der Waals surface area contributed by atoms with Gasteiger partial charge in [0.25, 0.3) is 0 Å². The fourth-order valence-corrected chi connectivity index (χ4v) is 1.69. The number of hydrogen-bond donors (Lipinski definition) is 2. The molecular weight excluding hydrogens is 224 g/mol. The number of urea groups is 1. The summed E-state index contributed by atoms with van der Waals surface area (Å²) in [7, 11) is 1.73. The summed E-state index contributed by atoms with van der Waals surface area (Å²) in [6, 6.07) is -0.0334. The van der Waals surface area contributed by atoms with Crippen LogP contribution >= 0.6 is 0 Å². The van der Waals surface area contributed by atoms with E-state index in [0.717, 1.165) is 12.8 Å². The maximum absolute atomic E-state index is 11.8. The topological polar surface area (TPSA) is 78.9 Å². The Labute approximate surface area is 101 Å². The third-order valence-corrected chi connectivity index (χ3v) is 3.04. The van der Waals surface area contributed by atoms with Crippen molar-refractivity contribution >= 4 is 12.0 Å². The molecule has 98 valence electrons. The van der Waals surface area contributed by atoms with Crippen molar-refractivity contribution in [1.29, 1.82) is 0 Å². The van der Waals surface area contributed by atoms with E-state index in [4.69, 9.17) is 9.84 Å². The van der Waals surface area contributed by atoms with Gasteiger partial charge in [-0.15, -0.1) is 0 Å². The lowest BCUT2D eigenvalue weighted by atomic mass is 10.1. The van der Waals surface area contributed by atoms with E-state index in [1.165, 1.54) is 0 Å². The Balaban J connectivity index is 2.33. The van der Waals surface area contributed by atoms with Gasteiger partial charge in [0.15, 0.2) is 0 Å². The van der Waals surface area contributed by atoms with Crippen LogP contribution in [0.25, 0.3) is 0 Å². The molecule has 0 aromatic rings. The van der Waals surface area contributed by atoms with Gasteiger partial charge in [-0.2, -0.15) is 0 Å². The molecule has 6 heteroatoms. The van der Waals surface area contributed by atoms with Crippen molar-refractivity contribution in [3.05, 3.63) is 0 Å². The molecule has 1 heterocycles. The Bertz CT molecular complexity index is 277. The first-order chi connectivity index (χ1) is 8.02. The van der Waals surface area contributed by atoms with Gasteiger partial charge in [-0.05, 0) is 12.8 Å². The van der Waals surface area contributed by atoms with Gasteiger partial charge in [0.2, 0.25) is 0 Å². The third-order valence-electron chi connectivity index (χ3n) is 3.04. The molecule has 2 amide bonds. The summed E-state index contributed by atoms with van der Waals surface area (Å²) in [4.78, 5) is 24.0. The minimum atomic E-state index is -0.904. The molecule has 1 aliphatic heterocycles. The molecule has 1 unspecified atom stereocenters. The van der Waals surface area contributed by atoms with Crippen molar-refractivity contribution in [2.45, 2.75) is 25.8 Å². The van der Waals surface area contributed by atoms with E-state index < -0.39 is 11.9 Å². The molecular formula is C11H20N2O4. The van der Waals surface area contributed by atoms with Gasteiger partial charge < -0.3 is 20.1 Å². The number of carboxylic acid groups (broad SMARTS) is 1. The van der Waals surface area contributed by atoms with E-state index in [9.17, 15) is 9.59 Å². The molecule has 0 aromatic heterocycles. The van der Waals surface area contributed by atoms with Crippen molar-refractivity contribution in [2.24, 2.45) is 5.92 Å². The highest BCUT2D eigenvalue weighted by molar-refractivity contribution is 5.75. The highest BCUT2D eigenvalue weighted by Crippen LogP contribution is 2.12. The molecule has 0 radical (unpaired) electrons. The molecule has 1 fully saturated rings. The molecule has 0 saturated carbocycles. The first kappa shape index (κ1) is 13.8. The molecule has 0 bridgehead atoms. The highest BCUT2D eigenvalue weighted by Gasteiger charge is 2.23. The average Bonchev–Trinajstić information content (AvgIpc) is 2.35. The fourth-order valence-electron chi connectivity index (χ4n) is 1.69. The second-order valence-corrected chi connectivity index (χ2v) is 4.38. The van der Waals surface area contributed by atoms with Crippen LogP contribution in [0.3, 0.4) is 0 Å². The molecule has 6 nitrogen and oxygen atoms in total. The summed E-state index contributed by atoms with van der Waals surface area (Å²) < 4.78 is 5.22. The van der Waals surface area contributed by atoms with Crippen molar-refractivity contribution in [3.8, 4) is 0 Å². The number of carboxylic acids is 1. The van der Waals surface area contributed by atoms with Crippen LogP contribution in [0.4, 0.5) is 4.79 Å². The zero-order valence-corrected chi connectivity index (χ0v) is 10.3. The number of hydrogen-bond acceptors (Lipinski definition) is 3. The van der Waals surface area contributed by atoms with Gasteiger partial charge in [0, 0.05) is 32.8 Å². The van der Waals surface area contributed by atoms with E-state index >= 15 is 0 Å². The van der Waals surface area contributed by atoms with Crippen LogP contribution in [0, 0.1) is 5.92 Å². The predicted molar refractivity (Wildman–Crippen MR) is 61.8 cm³/mol. The normalized spacial score (nSPS) is 18.5. The van der Waals surface area contributed by atoms with Crippen LogP contribution in [0.1, 0.15) is 19.8 Å². The fraction of sp³-hybridized carbons (Fsp3) is 0.818. The predicted octanol–water partition coefficient (Wildman–Crippen LogP) is 0.527. The molecule has 1 rings (SSSR count). The number of carbonyl (C=O) groups excluding carboxylic acids is 1. The van der Waals surface area contributed by atoms with Crippen LogP contribution in [0.5, 0.6) is 0 Å². The van der Waals surface area contributed by atoms with Crippen LogP contribution < -0.4 is 5.32 Å². The van der Waals surface area contributed by atoms with Crippen molar-refractivity contribution in [1.82, 2.24) is 10.2 Å². The Morgan fingerprint density at radius 1 is 1.47 bits per heavy atom. The van der Waals surface area contributed by atoms with Gasteiger partial charge in [0.1, 0.15) is 0 Å². The lowest BCUT2D eigenvalue weighted by Crippen LogP contribution is -2.47. The largest absolute Gasteiger partial charge is 0.481 e. The van der Waals surface area contributed by atoms with Crippen LogP contribution in [-0.2, 0) is 9.53 Å².